The van der Waals surface area contributed by atoms with Crippen LogP contribution in [0.4, 0.5) is 15.8 Å². The largest absolute Gasteiger partial charge is 0.472 e. The summed E-state index contributed by atoms with van der Waals surface area (Å²) in [7, 11) is 0. The van der Waals surface area contributed by atoms with Crippen LogP contribution in [0.3, 0.4) is 0 Å². The van der Waals surface area contributed by atoms with Gasteiger partial charge in [-0.15, -0.1) is 0 Å². The van der Waals surface area contributed by atoms with Gasteiger partial charge in [0.05, 0.1) is 23.5 Å². The summed E-state index contributed by atoms with van der Waals surface area (Å²) < 4.78 is 18.2. The third-order valence-electron chi connectivity index (χ3n) is 2.54. The number of nitro groups is 1. The Morgan fingerprint density at radius 2 is 2.28 bits per heavy atom. The van der Waals surface area contributed by atoms with Gasteiger partial charge < -0.3 is 9.73 Å². The molecule has 18 heavy (non-hydrogen) atoms. The molecule has 0 unspecified atom stereocenters. The lowest BCUT2D eigenvalue weighted by atomic mass is 10.1. The first-order chi connectivity index (χ1) is 8.58. The summed E-state index contributed by atoms with van der Waals surface area (Å²) in [6.45, 7) is 1.94. The monoisotopic (exact) mass is 250 g/mol. The number of nitrogens with zero attached hydrogens (tertiary/aromatic N) is 1. The van der Waals surface area contributed by atoms with Crippen molar-refractivity contribution in [2.75, 3.05) is 5.32 Å². The molecule has 0 radical (unpaired) electrons. The number of furan rings is 1. The van der Waals surface area contributed by atoms with Gasteiger partial charge in [-0.25, -0.2) is 4.39 Å². The number of aryl methyl sites for hydroxylation is 1. The zero-order valence-corrected chi connectivity index (χ0v) is 9.64. The first kappa shape index (κ1) is 12.1. The molecule has 0 atom stereocenters. The highest BCUT2D eigenvalue weighted by Gasteiger charge is 2.16. The molecule has 6 heteroatoms. The molecule has 94 valence electrons. The van der Waals surface area contributed by atoms with Crippen LogP contribution in [0.15, 0.2) is 35.1 Å². The van der Waals surface area contributed by atoms with Gasteiger partial charge >= 0.3 is 0 Å². The lowest BCUT2D eigenvalue weighted by Gasteiger charge is -2.07. The van der Waals surface area contributed by atoms with Crippen LogP contribution in [0.5, 0.6) is 0 Å². The number of hydrogen-bond acceptors (Lipinski definition) is 4. The van der Waals surface area contributed by atoms with Crippen molar-refractivity contribution in [2.45, 2.75) is 13.5 Å². The Morgan fingerprint density at radius 1 is 1.50 bits per heavy atom. The van der Waals surface area contributed by atoms with Crippen molar-refractivity contribution in [3.63, 3.8) is 0 Å². The zero-order valence-electron chi connectivity index (χ0n) is 9.64. The molecule has 0 amide bonds. The van der Waals surface area contributed by atoms with Crippen molar-refractivity contribution in [3.05, 3.63) is 57.8 Å². The fourth-order valence-electron chi connectivity index (χ4n) is 1.55. The molecule has 0 aliphatic heterocycles. The number of anilines is 1. The molecule has 1 N–H and O–H groups in total. The maximum absolute atomic E-state index is 13.3. The Morgan fingerprint density at radius 3 is 2.89 bits per heavy atom. The van der Waals surface area contributed by atoms with Crippen LogP contribution in [0.25, 0.3) is 0 Å². The highest BCUT2D eigenvalue weighted by Crippen LogP contribution is 2.27. The van der Waals surface area contributed by atoms with Gasteiger partial charge in [-0.3, -0.25) is 10.1 Å². The topological polar surface area (TPSA) is 68.3 Å². The number of nitrogens with one attached hydrogen (secondary N) is 1. The normalized spacial score (nSPS) is 10.3. The van der Waals surface area contributed by atoms with E-state index in [1.165, 1.54) is 18.6 Å². The molecule has 1 heterocycles. The smallest absolute Gasteiger partial charge is 0.295 e. The van der Waals surface area contributed by atoms with Crippen molar-refractivity contribution in [1.29, 1.82) is 0 Å². The predicted molar refractivity (Wildman–Crippen MR) is 63.8 cm³/mol. The Balaban J connectivity index is 2.25. The van der Waals surface area contributed by atoms with Gasteiger partial charge in [-0.2, -0.15) is 0 Å². The summed E-state index contributed by atoms with van der Waals surface area (Å²) in [4.78, 5) is 10.2. The molecule has 0 aliphatic carbocycles. The fourth-order valence-corrected chi connectivity index (χ4v) is 1.55. The van der Waals surface area contributed by atoms with Gasteiger partial charge in [-0.05, 0) is 24.6 Å². The van der Waals surface area contributed by atoms with E-state index < -0.39 is 10.7 Å². The van der Waals surface area contributed by atoms with Gasteiger partial charge in [0.15, 0.2) is 0 Å². The second-order valence-corrected chi connectivity index (χ2v) is 3.86. The third-order valence-corrected chi connectivity index (χ3v) is 2.54. The van der Waals surface area contributed by atoms with Crippen LogP contribution in [0.2, 0.25) is 0 Å². The summed E-state index contributed by atoms with van der Waals surface area (Å²) in [6, 6.07) is 4.09. The first-order valence-electron chi connectivity index (χ1n) is 5.27. The van der Waals surface area contributed by atoms with Crippen molar-refractivity contribution in [3.8, 4) is 0 Å². The van der Waals surface area contributed by atoms with Crippen LogP contribution in [-0.2, 0) is 6.54 Å². The van der Waals surface area contributed by atoms with Gasteiger partial charge in [0.2, 0.25) is 0 Å². The number of nitro benzene ring substituents is 1. The van der Waals surface area contributed by atoms with E-state index >= 15 is 0 Å². The molecular weight excluding hydrogens is 239 g/mol. The zero-order chi connectivity index (χ0) is 13.1. The van der Waals surface area contributed by atoms with Gasteiger partial charge in [0, 0.05) is 12.1 Å². The minimum absolute atomic E-state index is 0.276. The number of hydrogen-bond donors (Lipinski definition) is 1. The van der Waals surface area contributed by atoms with Crippen molar-refractivity contribution in [2.24, 2.45) is 0 Å². The van der Waals surface area contributed by atoms with Crippen molar-refractivity contribution >= 4 is 11.4 Å². The number of halogens is 1. The van der Waals surface area contributed by atoms with E-state index in [0.717, 1.165) is 11.6 Å². The minimum atomic E-state index is -0.611. The SMILES string of the molecule is Cc1cc(NCc2ccoc2)c([N+](=O)[O-])cc1F. The quantitative estimate of drug-likeness (QED) is 0.668. The van der Waals surface area contributed by atoms with Gasteiger partial charge in [0.1, 0.15) is 11.5 Å². The molecule has 5 nitrogen and oxygen atoms in total. The van der Waals surface area contributed by atoms with Crippen LogP contribution in [0, 0.1) is 22.9 Å². The number of rotatable bonds is 4. The second kappa shape index (κ2) is 4.87. The van der Waals surface area contributed by atoms with Crippen LogP contribution < -0.4 is 5.32 Å². The molecular formula is C12H11FN2O3. The highest BCUT2D eigenvalue weighted by atomic mass is 19.1. The van der Waals surface area contributed by atoms with Crippen LogP contribution >= 0.6 is 0 Å². The highest BCUT2D eigenvalue weighted by molar-refractivity contribution is 5.63. The lowest BCUT2D eigenvalue weighted by Crippen LogP contribution is -2.03. The summed E-state index contributed by atoms with van der Waals surface area (Å²) in [5, 5.41) is 13.7. The molecule has 0 saturated carbocycles. The molecule has 0 fully saturated rings. The first-order valence-corrected chi connectivity index (χ1v) is 5.27. The van der Waals surface area contributed by atoms with E-state index in [2.05, 4.69) is 5.32 Å². The Bertz CT molecular complexity index is 567. The second-order valence-electron chi connectivity index (χ2n) is 3.86. The Hall–Kier alpha value is -2.37. The maximum atomic E-state index is 13.3. The molecule has 0 saturated heterocycles. The molecule has 0 spiro atoms. The van der Waals surface area contributed by atoms with E-state index in [-0.39, 0.29) is 5.69 Å². The van der Waals surface area contributed by atoms with Gasteiger partial charge in [0.25, 0.3) is 5.69 Å². The maximum Gasteiger partial charge on any atom is 0.295 e. The summed E-state index contributed by atoms with van der Waals surface area (Å²) in [5.74, 6) is -0.587. The molecule has 0 bridgehead atoms. The van der Waals surface area contributed by atoms with Crippen molar-refractivity contribution < 1.29 is 13.7 Å². The summed E-state index contributed by atoms with van der Waals surface area (Å²) >= 11 is 0. The van der Waals surface area contributed by atoms with Crippen LogP contribution in [-0.4, -0.2) is 4.92 Å². The average molecular weight is 250 g/mol. The Labute approximate surface area is 102 Å². The standard InChI is InChI=1S/C12H11FN2O3/c1-8-4-11(12(15(16)17)5-10(8)13)14-6-9-2-3-18-7-9/h2-5,7,14H,6H2,1H3. The van der Waals surface area contributed by atoms with Gasteiger partial charge in [-0.1, -0.05) is 0 Å². The van der Waals surface area contributed by atoms with E-state index in [0.29, 0.717) is 17.8 Å². The van der Waals surface area contributed by atoms with E-state index in [4.69, 9.17) is 4.42 Å². The lowest BCUT2D eigenvalue weighted by molar-refractivity contribution is -0.384. The third kappa shape index (κ3) is 2.48. The average Bonchev–Trinajstić information content (AvgIpc) is 2.83. The molecule has 2 aromatic rings. The van der Waals surface area contributed by atoms with E-state index in [9.17, 15) is 14.5 Å². The van der Waals surface area contributed by atoms with E-state index in [1.807, 2.05) is 0 Å². The number of benzene rings is 1. The summed E-state index contributed by atoms with van der Waals surface area (Å²) in [6.07, 6.45) is 3.05. The van der Waals surface area contributed by atoms with E-state index in [1.54, 1.807) is 13.0 Å². The molecule has 2 rings (SSSR count). The molecule has 1 aromatic heterocycles. The fraction of sp³-hybridized carbons (Fsp3) is 0.167. The Kier molecular flexibility index (Phi) is 3.27. The minimum Gasteiger partial charge on any atom is -0.472 e. The molecule has 0 aliphatic rings. The predicted octanol–water partition coefficient (Wildman–Crippen LogP) is 3.25. The van der Waals surface area contributed by atoms with Crippen molar-refractivity contribution in [1.82, 2.24) is 0 Å². The van der Waals surface area contributed by atoms with Crippen LogP contribution in [0.1, 0.15) is 11.1 Å². The molecule has 1 aromatic carbocycles. The summed E-state index contributed by atoms with van der Waals surface area (Å²) in [5.41, 5.74) is 1.23.